The minimum absolute atomic E-state index is 0.0333. The third-order valence-corrected chi connectivity index (χ3v) is 6.04. The number of benzene rings is 1. The zero-order chi connectivity index (χ0) is 19.7. The van der Waals surface area contributed by atoms with Crippen LogP contribution in [-0.2, 0) is 9.53 Å². The molecule has 0 aliphatic carbocycles. The van der Waals surface area contributed by atoms with E-state index in [0.29, 0.717) is 46.0 Å². The molecule has 2 atom stereocenters. The number of carbonyl (C=O) groups is 1. The number of ketones is 1. The van der Waals surface area contributed by atoms with Gasteiger partial charge in [-0.05, 0) is 53.7 Å². The number of hydrogen-bond acceptors (Lipinski definition) is 5. The molecule has 0 bridgehead atoms. The van der Waals surface area contributed by atoms with Gasteiger partial charge in [-0.15, -0.1) is 0 Å². The molecule has 2 aromatic rings. The first kappa shape index (κ1) is 17.8. The molecule has 27 heavy (non-hydrogen) atoms. The van der Waals surface area contributed by atoms with E-state index >= 15 is 0 Å². The molecule has 2 aliphatic rings. The molecule has 0 radical (unpaired) electrons. The Hall–Kier alpha value is -2.56. The summed E-state index contributed by atoms with van der Waals surface area (Å²) in [5.74, 6) is 1.55. The molecular formula is C22H24O5. The average molecular weight is 368 g/mol. The van der Waals surface area contributed by atoms with Gasteiger partial charge in [0.1, 0.15) is 28.5 Å². The van der Waals surface area contributed by atoms with Gasteiger partial charge in [-0.1, -0.05) is 0 Å². The van der Waals surface area contributed by atoms with Gasteiger partial charge in [0.2, 0.25) is 0 Å². The van der Waals surface area contributed by atoms with E-state index in [9.17, 15) is 9.59 Å². The third-order valence-electron chi connectivity index (χ3n) is 6.04. The van der Waals surface area contributed by atoms with Gasteiger partial charge in [-0.3, -0.25) is 9.59 Å². The zero-order valence-electron chi connectivity index (χ0n) is 16.6. The second-order valence-corrected chi connectivity index (χ2v) is 8.09. The van der Waals surface area contributed by atoms with Gasteiger partial charge in [-0.2, -0.15) is 0 Å². The van der Waals surface area contributed by atoms with Gasteiger partial charge >= 0.3 is 0 Å². The molecule has 0 unspecified atom stereocenters. The van der Waals surface area contributed by atoms with Crippen molar-refractivity contribution < 1.29 is 18.7 Å². The first-order valence-corrected chi connectivity index (χ1v) is 9.24. The highest BCUT2D eigenvalue weighted by molar-refractivity contribution is 5.97. The summed E-state index contributed by atoms with van der Waals surface area (Å²) in [6.45, 7) is 11.4. The van der Waals surface area contributed by atoms with E-state index in [4.69, 9.17) is 13.9 Å². The maximum atomic E-state index is 12.8. The van der Waals surface area contributed by atoms with Crippen LogP contribution in [0.5, 0.6) is 5.75 Å². The minimum atomic E-state index is -0.506. The molecule has 0 fully saturated rings. The summed E-state index contributed by atoms with van der Waals surface area (Å²) in [4.78, 5) is 25.3. The van der Waals surface area contributed by atoms with Gasteiger partial charge in [0.15, 0.2) is 11.2 Å². The minimum Gasteiger partial charge on any atom is -0.493 e. The Balaban J connectivity index is 2.12. The smallest absolute Gasteiger partial charge is 0.195 e. The molecule has 1 aromatic heterocycles. The lowest BCUT2D eigenvalue weighted by Crippen LogP contribution is -2.48. The molecule has 1 aromatic carbocycles. The maximum absolute atomic E-state index is 12.8. The second kappa shape index (κ2) is 5.72. The van der Waals surface area contributed by atoms with Gasteiger partial charge in [0, 0.05) is 28.5 Å². The molecule has 0 saturated carbocycles. The highest BCUT2D eigenvalue weighted by Gasteiger charge is 2.50. The molecule has 2 aliphatic heterocycles. The van der Waals surface area contributed by atoms with Crippen LogP contribution in [0.1, 0.15) is 50.5 Å². The Morgan fingerprint density at radius 3 is 2.56 bits per heavy atom. The van der Waals surface area contributed by atoms with Crippen LogP contribution in [0.2, 0.25) is 0 Å². The number of Topliss-reactive ketones (excluding diaryl/α,β-unsaturated/α-hetero) is 1. The SMILES string of the molecule is CC(=O)C1=C(C)OC(C)(C)[C@H]2COc3ccc4c(=O)c(C)c(C)oc4c3[C@@H]12. The standard InChI is InChI=1S/C22H24O5/c1-10-12(3)26-21-14(20(10)24)7-8-16-19(21)18-15(9-25-16)22(5,6)27-13(4)17(18)11(2)23/h7-8,15,18H,9H2,1-6H3/t15-,18+/m0/s1. The summed E-state index contributed by atoms with van der Waals surface area (Å²) >= 11 is 0. The van der Waals surface area contributed by atoms with E-state index in [-0.39, 0.29) is 23.0 Å². The van der Waals surface area contributed by atoms with Crippen molar-refractivity contribution in [3.63, 3.8) is 0 Å². The number of rotatable bonds is 1. The van der Waals surface area contributed by atoms with Crippen molar-refractivity contribution in [2.75, 3.05) is 6.61 Å². The molecular weight excluding hydrogens is 344 g/mol. The van der Waals surface area contributed by atoms with Crippen LogP contribution >= 0.6 is 0 Å². The van der Waals surface area contributed by atoms with Gasteiger partial charge in [-0.25, -0.2) is 0 Å². The van der Waals surface area contributed by atoms with Crippen LogP contribution in [0.4, 0.5) is 0 Å². The van der Waals surface area contributed by atoms with E-state index in [1.165, 1.54) is 0 Å². The highest BCUT2D eigenvalue weighted by Crippen LogP contribution is 2.53. The molecule has 0 N–H and O–H groups in total. The van der Waals surface area contributed by atoms with Crippen molar-refractivity contribution in [3.8, 4) is 5.75 Å². The lowest BCUT2D eigenvalue weighted by atomic mass is 9.68. The van der Waals surface area contributed by atoms with E-state index in [2.05, 4.69) is 0 Å². The Kier molecular flexibility index (Phi) is 3.78. The molecule has 0 saturated heterocycles. The summed E-state index contributed by atoms with van der Waals surface area (Å²) in [7, 11) is 0. The van der Waals surface area contributed by atoms with Crippen molar-refractivity contribution >= 4 is 16.8 Å². The average Bonchev–Trinajstić information content (AvgIpc) is 2.58. The molecule has 4 rings (SSSR count). The van der Waals surface area contributed by atoms with Gasteiger partial charge < -0.3 is 13.9 Å². The molecule has 3 heterocycles. The van der Waals surface area contributed by atoms with Crippen LogP contribution in [0.25, 0.3) is 11.0 Å². The fraction of sp³-hybridized carbons (Fsp3) is 0.455. The number of carbonyl (C=O) groups excluding carboxylic acids is 1. The quantitative estimate of drug-likeness (QED) is 0.756. The summed E-state index contributed by atoms with van der Waals surface area (Å²) in [5.41, 5.74) is 1.98. The monoisotopic (exact) mass is 368 g/mol. The first-order valence-electron chi connectivity index (χ1n) is 9.24. The lowest BCUT2D eigenvalue weighted by molar-refractivity contribution is -0.117. The first-order chi connectivity index (χ1) is 12.6. The van der Waals surface area contributed by atoms with Crippen LogP contribution in [0.15, 0.2) is 32.7 Å². The van der Waals surface area contributed by atoms with Crippen LogP contribution in [-0.4, -0.2) is 18.0 Å². The van der Waals surface area contributed by atoms with E-state index in [0.717, 1.165) is 5.56 Å². The number of allylic oxidation sites excluding steroid dienone is 2. The predicted octanol–water partition coefficient (Wildman–Crippen LogP) is 4.17. The van der Waals surface area contributed by atoms with Crippen molar-refractivity contribution in [3.05, 3.63) is 50.6 Å². The van der Waals surface area contributed by atoms with E-state index in [1.54, 1.807) is 26.8 Å². The number of aryl methyl sites for hydroxylation is 1. The fourth-order valence-corrected chi connectivity index (χ4v) is 4.52. The Bertz CT molecular complexity index is 1070. The molecule has 5 heteroatoms. The number of ether oxygens (including phenoxy) is 2. The van der Waals surface area contributed by atoms with E-state index in [1.807, 2.05) is 26.8 Å². The fourth-order valence-electron chi connectivity index (χ4n) is 4.52. The van der Waals surface area contributed by atoms with E-state index < -0.39 is 5.60 Å². The Labute approximate surface area is 158 Å². The normalized spacial score (nSPS) is 23.3. The number of fused-ring (bicyclic) bond motifs is 5. The number of hydrogen-bond donors (Lipinski definition) is 0. The largest absolute Gasteiger partial charge is 0.493 e. The van der Waals surface area contributed by atoms with Crippen LogP contribution in [0.3, 0.4) is 0 Å². The van der Waals surface area contributed by atoms with Crippen LogP contribution in [0, 0.1) is 19.8 Å². The van der Waals surface area contributed by atoms with Gasteiger partial charge in [0.05, 0.1) is 12.0 Å². The summed E-state index contributed by atoms with van der Waals surface area (Å²) in [5, 5.41) is 0.519. The van der Waals surface area contributed by atoms with Crippen molar-refractivity contribution in [1.82, 2.24) is 0 Å². The molecule has 0 spiro atoms. The van der Waals surface area contributed by atoms with Crippen molar-refractivity contribution in [2.45, 2.75) is 53.1 Å². The molecule has 142 valence electrons. The Morgan fingerprint density at radius 1 is 1.19 bits per heavy atom. The zero-order valence-corrected chi connectivity index (χ0v) is 16.6. The Morgan fingerprint density at radius 2 is 1.89 bits per heavy atom. The molecule has 0 amide bonds. The molecule has 5 nitrogen and oxygen atoms in total. The predicted molar refractivity (Wildman–Crippen MR) is 102 cm³/mol. The van der Waals surface area contributed by atoms with Crippen molar-refractivity contribution in [2.24, 2.45) is 5.92 Å². The topological polar surface area (TPSA) is 65.7 Å². The van der Waals surface area contributed by atoms with Crippen molar-refractivity contribution in [1.29, 1.82) is 0 Å². The van der Waals surface area contributed by atoms with Crippen LogP contribution < -0.4 is 10.2 Å². The lowest BCUT2D eigenvalue weighted by Gasteiger charge is -2.47. The maximum Gasteiger partial charge on any atom is 0.195 e. The third kappa shape index (κ3) is 2.44. The summed E-state index contributed by atoms with van der Waals surface area (Å²) in [6.07, 6.45) is 0. The summed E-state index contributed by atoms with van der Waals surface area (Å²) in [6, 6.07) is 3.57. The summed E-state index contributed by atoms with van der Waals surface area (Å²) < 4.78 is 18.2. The highest BCUT2D eigenvalue weighted by atomic mass is 16.5. The van der Waals surface area contributed by atoms with Gasteiger partial charge in [0.25, 0.3) is 0 Å². The second-order valence-electron chi connectivity index (χ2n) is 8.09.